The molecule has 1 fully saturated rings. The van der Waals surface area contributed by atoms with Gasteiger partial charge in [0.1, 0.15) is 18.3 Å². The van der Waals surface area contributed by atoms with E-state index in [4.69, 9.17) is 24.4 Å². The largest absolute Gasteiger partial charge is 0.506 e. The van der Waals surface area contributed by atoms with Gasteiger partial charge in [0.25, 0.3) is 0 Å². The van der Waals surface area contributed by atoms with E-state index in [0.29, 0.717) is 6.42 Å². The van der Waals surface area contributed by atoms with Crippen LogP contribution in [0.15, 0.2) is 0 Å². The van der Waals surface area contributed by atoms with E-state index < -0.39 is 51.3 Å². The van der Waals surface area contributed by atoms with Crippen molar-refractivity contribution in [2.24, 2.45) is 0 Å². The average molecular weight is 472 g/mol. The topological polar surface area (TPSA) is 172 Å². The fraction of sp³-hybridized carbons (Fsp3) is 0.947. The highest BCUT2D eigenvalue weighted by molar-refractivity contribution is 7.46. The first-order chi connectivity index (χ1) is 14.7. The molecule has 1 saturated heterocycles. The summed E-state index contributed by atoms with van der Waals surface area (Å²) in [5.41, 5.74) is 0. The summed E-state index contributed by atoms with van der Waals surface area (Å²) in [4.78, 5) is 29.1. The van der Waals surface area contributed by atoms with Crippen LogP contribution < -0.4 is 0 Å². The van der Waals surface area contributed by atoms with Crippen LogP contribution in [-0.2, 0) is 23.3 Å². The molecule has 0 aromatic heterocycles. The highest BCUT2D eigenvalue weighted by atomic mass is 31.2. The van der Waals surface area contributed by atoms with Gasteiger partial charge in [-0.05, 0) is 6.42 Å². The Hall–Kier alpha value is -0.780. The van der Waals surface area contributed by atoms with Gasteiger partial charge in [-0.2, -0.15) is 0 Å². The number of ether oxygens (including phenoxy) is 3. The summed E-state index contributed by atoms with van der Waals surface area (Å²) in [6.07, 6.45) is 1.62. The van der Waals surface area contributed by atoms with E-state index in [0.717, 1.165) is 19.3 Å². The molecule has 12 heteroatoms. The molecule has 0 spiro atoms. The first-order valence-electron chi connectivity index (χ1n) is 10.9. The highest BCUT2D eigenvalue weighted by Crippen LogP contribution is 2.42. The molecule has 0 unspecified atom stereocenters. The number of carbonyl (C=O) groups is 1. The maximum absolute atomic E-state index is 11.3. The van der Waals surface area contributed by atoms with Gasteiger partial charge in [0.05, 0.1) is 6.61 Å². The summed E-state index contributed by atoms with van der Waals surface area (Å²) < 4.78 is 31.2. The van der Waals surface area contributed by atoms with Crippen molar-refractivity contribution in [3.05, 3.63) is 0 Å². The van der Waals surface area contributed by atoms with E-state index in [9.17, 15) is 19.6 Å². The summed E-state index contributed by atoms with van der Waals surface area (Å²) in [5.74, 6) is 0. The molecule has 31 heavy (non-hydrogen) atoms. The Morgan fingerprint density at radius 2 is 1.52 bits per heavy atom. The van der Waals surface area contributed by atoms with Crippen molar-refractivity contribution in [2.45, 2.75) is 102 Å². The fourth-order valence-corrected chi connectivity index (χ4v) is 4.04. The number of unbranched alkanes of at least 4 members (excludes halogenated alkanes) is 9. The van der Waals surface area contributed by atoms with E-state index in [1.54, 1.807) is 0 Å². The minimum atomic E-state index is -5.05. The second-order valence-electron chi connectivity index (χ2n) is 7.68. The second kappa shape index (κ2) is 15.1. The molecule has 1 aliphatic rings. The molecular weight excluding hydrogens is 435 g/mol. The number of rotatable bonds is 16. The molecule has 0 aromatic carbocycles. The first-order valence-corrected chi connectivity index (χ1v) is 12.4. The van der Waals surface area contributed by atoms with E-state index in [1.165, 1.54) is 38.5 Å². The molecule has 1 aliphatic heterocycles. The molecule has 0 aromatic rings. The van der Waals surface area contributed by atoms with Gasteiger partial charge in [0, 0.05) is 6.61 Å². The van der Waals surface area contributed by atoms with Crippen molar-refractivity contribution in [1.82, 2.24) is 0 Å². The smallest absolute Gasteiger partial charge is 0.450 e. The number of aliphatic hydroxyl groups is 2. The molecule has 0 radical (unpaired) electrons. The first kappa shape index (κ1) is 28.3. The molecule has 1 heterocycles. The Morgan fingerprint density at radius 3 is 2.00 bits per heavy atom. The van der Waals surface area contributed by atoms with Gasteiger partial charge in [-0.3, -0.25) is 4.52 Å². The lowest BCUT2D eigenvalue weighted by Gasteiger charge is -2.42. The number of phosphoric ester groups is 1. The zero-order valence-electron chi connectivity index (χ0n) is 18.0. The molecular formula is C19H37O11P. The molecule has 0 amide bonds. The minimum absolute atomic E-state index is 0.178. The Labute approximate surface area is 182 Å². The van der Waals surface area contributed by atoms with Gasteiger partial charge >= 0.3 is 14.0 Å². The quantitative estimate of drug-likeness (QED) is 0.127. The van der Waals surface area contributed by atoms with Crippen LogP contribution in [0.5, 0.6) is 0 Å². The summed E-state index contributed by atoms with van der Waals surface area (Å²) in [6.45, 7) is 1.67. The third-order valence-electron chi connectivity index (χ3n) is 5.07. The summed E-state index contributed by atoms with van der Waals surface area (Å²) in [6, 6.07) is 0. The van der Waals surface area contributed by atoms with E-state index in [2.05, 4.69) is 16.2 Å². The number of aliphatic hydroxyl groups excluding tert-OH is 2. The predicted octanol–water partition coefficient (Wildman–Crippen LogP) is 2.54. The van der Waals surface area contributed by atoms with Gasteiger partial charge in [-0.15, -0.1) is 0 Å². The maximum atomic E-state index is 11.3. The Bertz CT molecular complexity index is 541. The molecule has 0 saturated carbocycles. The van der Waals surface area contributed by atoms with Crippen molar-refractivity contribution in [2.75, 3.05) is 13.2 Å². The maximum Gasteiger partial charge on any atom is 0.506 e. The SMILES string of the molecule is CCCCCCCCCCCCO[C@@H]1O[C@H](CO)[C@@H](OC(=O)O)[C@H](O)[C@H]1OP(=O)(O)O. The zero-order valence-corrected chi connectivity index (χ0v) is 18.9. The molecule has 5 N–H and O–H groups in total. The highest BCUT2D eigenvalue weighted by Gasteiger charge is 2.50. The van der Waals surface area contributed by atoms with Crippen molar-refractivity contribution >= 4 is 14.0 Å². The van der Waals surface area contributed by atoms with Crippen LogP contribution in [0.4, 0.5) is 4.79 Å². The fourth-order valence-electron chi connectivity index (χ4n) is 3.50. The van der Waals surface area contributed by atoms with Gasteiger partial charge in [0.15, 0.2) is 12.4 Å². The van der Waals surface area contributed by atoms with Crippen LogP contribution >= 0.6 is 7.82 Å². The van der Waals surface area contributed by atoms with Crippen molar-refractivity contribution < 1.29 is 53.2 Å². The van der Waals surface area contributed by atoms with Gasteiger partial charge in [-0.1, -0.05) is 64.7 Å². The Morgan fingerprint density at radius 1 is 0.968 bits per heavy atom. The van der Waals surface area contributed by atoms with Crippen LogP contribution in [0.3, 0.4) is 0 Å². The number of carboxylic acid groups (broad SMARTS) is 1. The van der Waals surface area contributed by atoms with Crippen LogP contribution in [-0.4, -0.2) is 75.2 Å². The minimum Gasteiger partial charge on any atom is -0.450 e. The summed E-state index contributed by atoms with van der Waals surface area (Å²) >= 11 is 0. The number of hydrogen-bond acceptors (Lipinski definition) is 8. The molecule has 0 bridgehead atoms. The third-order valence-corrected chi connectivity index (χ3v) is 5.59. The van der Waals surface area contributed by atoms with Crippen LogP contribution in [0.1, 0.15) is 71.1 Å². The van der Waals surface area contributed by atoms with E-state index in [1.807, 2.05) is 0 Å². The number of phosphoric acid groups is 1. The molecule has 184 valence electrons. The summed E-state index contributed by atoms with van der Waals surface area (Å²) in [5, 5.41) is 28.6. The molecule has 1 rings (SSSR count). The van der Waals surface area contributed by atoms with Crippen LogP contribution in [0.2, 0.25) is 0 Å². The molecule has 11 nitrogen and oxygen atoms in total. The number of hydrogen-bond donors (Lipinski definition) is 5. The zero-order chi connectivity index (χ0) is 23.3. The lowest BCUT2D eigenvalue weighted by atomic mass is 9.99. The Balaban J connectivity index is 2.46. The lowest BCUT2D eigenvalue weighted by molar-refractivity contribution is -0.298. The van der Waals surface area contributed by atoms with Crippen molar-refractivity contribution in [1.29, 1.82) is 0 Å². The average Bonchev–Trinajstić information content (AvgIpc) is 2.69. The monoisotopic (exact) mass is 472 g/mol. The van der Waals surface area contributed by atoms with Crippen LogP contribution in [0.25, 0.3) is 0 Å². The lowest BCUT2D eigenvalue weighted by Crippen LogP contribution is -2.61. The second-order valence-corrected chi connectivity index (χ2v) is 8.87. The van der Waals surface area contributed by atoms with E-state index >= 15 is 0 Å². The standard InChI is InChI=1S/C19H37O11P/c1-2-3-4-5-6-7-8-9-10-11-12-27-18-17(30-31(24,25)26)15(21)16(29-19(22)23)14(13-20)28-18/h14-18,20-21H,2-13H2,1H3,(H,22,23)(H2,24,25,26)/t14-,15+,16-,17-,18-/m1/s1. The Kier molecular flexibility index (Phi) is 13.8. The van der Waals surface area contributed by atoms with Crippen molar-refractivity contribution in [3.63, 3.8) is 0 Å². The molecule has 5 atom stereocenters. The normalized spacial score (nSPS) is 26.7. The van der Waals surface area contributed by atoms with Crippen LogP contribution in [0, 0.1) is 0 Å². The van der Waals surface area contributed by atoms with Gasteiger partial charge in [0.2, 0.25) is 0 Å². The third kappa shape index (κ3) is 11.6. The van der Waals surface area contributed by atoms with Gasteiger partial charge in [-0.25, -0.2) is 9.36 Å². The van der Waals surface area contributed by atoms with Gasteiger partial charge < -0.3 is 39.3 Å². The van der Waals surface area contributed by atoms with E-state index in [-0.39, 0.29) is 6.61 Å². The van der Waals surface area contributed by atoms with Crippen molar-refractivity contribution in [3.8, 4) is 0 Å². The predicted molar refractivity (Wildman–Crippen MR) is 109 cm³/mol. The molecule has 0 aliphatic carbocycles. The summed E-state index contributed by atoms with van der Waals surface area (Å²) in [7, 11) is -5.05.